The van der Waals surface area contributed by atoms with E-state index in [4.69, 9.17) is 0 Å². The standard InChI is InChI=1S/C12H19N5O2S2/c1-2-6-13-8-10-3-4-12(20-10)21(18,19)16-7-5-11-14-9-15-17-11/h3-4,9,13,16H,2,5-8H2,1H3,(H,14,15,17). The fourth-order valence-corrected chi connectivity index (χ4v) is 4.11. The first kappa shape index (κ1) is 16.1. The first-order valence-corrected chi connectivity index (χ1v) is 9.05. The van der Waals surface area contributed by atoms with E-state index in [0.717, 1.165) is 17.8 Å². The third-order valence-corrected chi connectivity index (χ3v) is 5.78. The quantitative estimate of drug-likeness (QED) is 0.593. The number of thiophene rings is 1. The van der Waals surface area contributed by atoms with Gasteiger partial charge < -0.3 is 5.32 Å². The van der Waals surface area contributed by atoms with E-state index in [9.17, 15) is 8.42 Å². The van der Waals surface area contributed by atoms with E-state index < -0.39 is 10.0 Å². The zero-order valence-electron chi connectivity index (χ0n) is 11.8. The van der Waals surface area contributed by atoms with Crippen molar-refractivity contribution in [1.82, 2.24) is 25.2 Å². The van der Waals surface area contributed by atoms with Gasteiger partial charge in [0, 0.05) is 24.4 Å². The number of nitrogens with zero attached hydrogens (tertiary/aromatic N) is 2. The van der Waals surface area contributed by atoms with Gasteiger partial charge in [0.15, 0.2) is 0 Å². The summed E-state index contributed by atoms with van der Waals surface area (Å²) in [6, 6.07) is 3.49. The molecule has 0 radical (unpaired) electrons. The van der Waals surface area contributed by atoms with Gasteiger partial charge >= 0.3 is 0 Å². The molecule has 2 aromatic heterocycles. The molecule has 0 atom stereocenters. The molecule has 9 heteroatoms. The van der Waals surface area contributed by atoms with Crippen LogP contribution in [0.3, 0.4) is 0 Å². The van der Waals surface area contributed by atoms with Crippen LogP contribution < -0.4 is 10.0 Å². The highest BCUT2D eigenvalue weighted by Gasteiger charge is 2.16. The van der Waals surface area contributed by atoms with Crippen LogP contribution in [0, 0.1) is 0 Å². The number of aromatic nitrogens is 3. The van der Waals surface area contributed by atoms with Gasteiger partial charge in [0.1, 0.15) is 16.4 Å². The smallest absolute Gasteiger partial charge is 0.250 e. The molecular weight excluding hydrogens is 310 g/mol. The van der Waals surface area contributed by atoms with Crippen LogP contribution in [0.5, 0.6) is 0 Å². The molecule has 0 aliphatic rings. The molecule has 0 aliphatic carbocycles. The average molecular weight is 329 g/mol. The SMILES string of the molecule is CCCNCc1ccc(S(=O)(=O)NCCc2ncn[nH]2)s1. The molecule has 0 fully saturated rings. The summed E-state index contributed by atoms with van der Waals surface area (Å²) in [6.45, 7) is 4.01. The van der Waals surface area contributed by atoms with Gasteiger partial charge in [-0.1, -0.05) is 6.92 Å². The summed E-state index contributed by atoms with van der Waals surface area (Å²) in [5.41, 5.74) is 0. The van der Waals surface area contributed by atoms with E-state index in [-0.39, 0.29) is 0 Å². The predicted molar refractivity (Wildman–Crippen MR) is 81.6 cm³/mol. The van der Waals surface area contributed by atoms with Crippen LogP contribution in [0.25, 0.3) is 0 Å². The number of H-pyrrole nitrogens is 1. The van der Waals surface area contributed by atoms with Crippen LogP contribution in [0.2, 0.25) is 0 Å². The number of nitrogens with one attached hydrogen (secondary N) is 3. The van der Waals surface area contributed by atoms with Gasteiger partial charge in [-0.2, -0.15) is 5.10 Å². The highest BCUT2D eigenvalue weighted by Crippen LogP contribution is 2.21. The molecule has 2 rings (SSSR count). The molecule has 2 heterocycles. The first-order chi connectivity index (χ1) is 10.1. The van der Waals surface area contributed by atoms with Gasteiger partial charge in [-0.3, -0.25) is 5.10 Å². The summed E-state index contributed by atoms with van der Waals surface area (Å²) < 4.78 is 27.2. The van der Waals surface area contributed by atoms with Crippen LogP contribution in [0.15, 0.2) is 22.7 Å². The molecule has 0 unspecified atom stereocenters. The molecule has 0 spiro atoms. The monoisotopic (exact) mass is 329 g/mol. The van der Waals surface area contributed by atoms with Crippen molar-refractivity contribution >= 4 is 21.4 Å². The minimum Gasteiger partial charge on any atom is -0.312 e. The van der Waals surface area contributed by atoms with Crippen LogP contribution in [-0.4, -0.2) is 36.7 Å². The summed E-state index contributed by atoms with van der Waals surface area (Å²) in [7, 11) is -3.44. The molecule has 0 aliphatic heterocycles. The molecule has 3 N–H and O–H groups in total. The average Bonchev–Trinajstić information content (AvgIpc) is 3.10. The van der Waals surface area contributed by atoms with E-state index in [0.29, 0.717) is 29.5 Å². The van der Waals surface area contributed by atoms with E-state index in [1.165, 1.54) is 17.7 Å². The molecule has 0 amide bonds. The van der Waals surface area contributed by atoms with Crippen molar-refractivity contribution in [3.63, 3.8) is 0 Å². The van der Waals surface area contributed by atoms with Crippen LogP contribution in [-0.2, 0) is 23.0 Å². The molecule has 0 saturated heterocycles. The third-order valence-electron chi connectivity index (χ3n) is 2.75. The van der Waals surface area contributed by atoms with Crippen molar-refractivity contribution in [1.29, 1.82) is 0 Å². The minimum atomic E-state index is -3.44. The number of sulfonamides is 1. The predicted octanol–water partition coefficient (Wildman–Crippen LogP) is 0.887. The van der Waals surface area contributed by atoms with Crippen molar-refractivity contribution in [3.8, 4) is 0 Å². The van der Waals surface area contributed by atoms with E-state index in [1.54, 1.807) is 6.07 Å². The Bertz CT molecular complexity index is 636. The number of rotatable bonds is 9. The summed E-state index contributed by atoms with van der Waals surface area (Å²) in [4.78, 5) is 4.96. The Morgan fingerprint density at radius 3 is 2.90 bits per heavy atom. The van der Waals surface area contributed by atoms with Crippen LogP contribution >= 0.6 is 11.3 Å². The van der Waals surface area contributed by atoms with Crippen molar-refractivity contribution in [2.75, 3.05) is 13.1 Å². The highest BCUT2D eigenvalue weighted by molar-refractivity contribution is 7.91. The number of hydrogen-bond donors (Lipinski definition) is 3. The lowest BCUT2D eigenvalue weighted by molar-refractivity contribution is 0.583. The fourth-order valence-electron chi connectivity index (χ4n) is 1.71. The Morgan fingerprint density at radius 1 is 1.33 bits per heavy atom. The molecule has 0 saturated carbocycles. The Balaban J connectivity index is 1.86. The Hall–Kier alpha value is -1.29. The molecular formula is C12H19N5O2S2. The van der Waals surface area contributed by atoms with Gasteiger partial charge in [0.25, 0.3) is 0 Å². The van der Waals surface area contributed by atoms with E-state index in [2.05, 4.69) is 32.1 Å². The molecule has 21 heavy (non-hydrogen) atoms. The maximum Gasteiger partial charge on any atom is 0.250 e. The zero-order chi connectivity index (χ0) is 15.1. The van der Waals surface area contributed by atoms with Gasteiger partial charge in [0.2, 0.25) is 10.0 Å². The summed E-state index contributed by atoms with van der Waals surface area (Å²) >= 11 is 1.29. The topological polar surface area (TPSA) is 99.8 Å². The molecule has 116 valence electrons. The molecule has 2 aromatic rings. The van der Waals surface area contributed by atoms with Gasteiger partial charge in [-0.05, 0) is 25.1 Å². The largest absolute Gasteiger partial charge is 0.312 e. The van der Waals surface area contributed by atoms with Crippen molar-refractivity contribution in [2.45, 2.75) is 30.5 Å². The lowest BCUT2D eigenvalue weighted by atomic mass is 10.4. The lowest BCUT2D eigenvalue weighted by Crippen LogP contribution is -2.25. The van der Waals surface area contributed by atoms with Crippen molar-refractivity contribution in [2.24, 2.45) is 0 Å². The van der Waals surface area contributed by atoms with Crippen molar-refractivity contribution in [3.05, 3.63) is 29.2 Å². The molecule has 7 nitrogen and oxygen atoms in total. The van der Waals surface area contributed by atoms with E-state index in [1.807, 2.05) is 6.07 Å². The lowest BCUT2D eigenvalue weighted by Gasteiger charge is -2.03. The van der Waals surface area contributed by atoms with Gasteiger partial charge in [-0.25, -0.2) is 18.1 Å². The Kier molecular flexibility index (Phi) is 5.85. The summed E-state index contributed by atoms with van der Waals surface area (Å²) in [5, 5.41) is 9.66. The third kappa shape index (κ3) is 4.88. The fraction of sp³-hybridized carbons (Fsp3) is 0.500. The second-order valence-corrected chi connectivity index (χ2v) is 7.64. The first-order valence-electron chi connectivity index (χ1n) is 6.75. The Morgan fingerprint density at radius 2 is 2.19 bits per heavy atom. The van der Waals surface area contributed by atoms with E-state index >= 15 is 0 Å². The van der Waals surface area contributed by atoms with Crippen LogP contribution in [0.1, 0.15) is 24.0 Å². The maximum atomic E-state index is 12.1. The highest BCUT2D eigenvalue weighted by atomic mass is 32.2. The Labute approximate surface area is 128 Å². The summed E-state index contributed by atoms with van der Waals surface area (Å²) in [5.74, 6) is 0.660. The molecule has 0 aromatic carbocycles. The number of hydrogen-bond acceptors (Lipinski definition) is 6. The van der Waals surface area contributed by atoms with Crippen LogP contribution in [0.4, 0.5) is 0 Å². The summed E-state index contributed by atoms with van der Waals surface area (Å²) in [6.07, 6.45) is 2.94. The minimum absolute atomic E-state index is 0.291. The zero-order valence-corrected chi connectivity index (χ0v) is 13.4. The van der Waals surface area contributed by atoms with Gasteiger partial charge in [-0.15, -0.1) is 11.3 Å². The normalized spacial score (nSPS) is 11.9. The second kappa shape index (κ2) is 7.64. The van der Waals surface area contributed by atoms with Gasteiger partial charge in [0.05, 0.1) is 0 Å². The second-order valence-electron chi connectivity index (χ2n) is 4.48. The van der Waals surface area contributed by atoms with Crippen molar-refractivity contribution < 1.29 is 8.42 Å². The maximum absolute atomic E-state index is 12.1. The number of aromatic amines is 1. The molecule has 0 bridgehead atoms.